The first kappa shape index (κ1) is 18.7. The van der Waals surface area contributed by atoms with E-state index in [1.165, 1.54) is 0 Å². The maximum absolute atomic E-state index is 6.07. The van der Waals surface area contributed by atoms with Gasteiger partial charge in [-0.25, -0.2) is 4.63 Å². The Bertz CT molecular complexity index is 1010. The zero-order valence-corrected chi connectivity index (χ0v) is 16.6. The van der Waals surface area contributed by atoms with Crippen molar-refractivity contribution in [2.45, 2.75) is 0 Å². The molecule has 1 saturated heterocycles. The van der Waals surface area contributed by atoms with Gasteiger partial charge < -0.3 is 25.0 Å². The quantitative estimate of drug-likeness (QED) is 0.617. The molecule has 10 heteroatoms. The van der Waals surface area contributed by atoms with Crippen molar-refractivity contribution in [2.24, 2.45) is 0 Å². The minimum absolute atomic E-state index is 0.365. The van der Waals surface area contributed by atoms with Crippen molar-refractivity contribution in [3.63, 3.8) is 0 Å². The Morgan fingerprint density at radius 3 is 2.64 bits per heavy atom. The highest BCUT2D eigenvalue weighted by Crippen LogP contribution is 2.31. The number of methoxy groups -OCH3 is 1. The fraction of sp³-hybridized carbons (Fsp3) is 0.278. The van der Waals surface area contributed by atoms with E-state index >= 15 is 0 Å². The SMILES string of the molecule is COc1ccc(Cl)cc1NC(=S)Nc1ccc(N2CCOCC2)c2nonc12. The van der Waals surface area contributed by atoms with Crippen molar-refractivity contribution >= 4 is 57.0 Å². The molecule has 2 N–H and O–H groups in total. The smallest absolute Gasteiger partial charge is 0.175 e. The van der Waals surface area contributed by atoms with Gasteiger partial charge in [0.2, 0.25) is 0 Å². The van der Waals surface area contributed by atoms with Gasteiger partial charge in [0.15, 0.2) is 16.1 Å². The molecule has 0 spiro atoms. The van der Waals surface area contributed by atoms with Crippen LogP contribution < -0.4 is 20.3 Å². The molecule has 2 heterocycles. The number of thiocarbonyl (C=S) groups is 1. The molecule has 1 aliphatic heterocycles. The maximum Gasteiger partial charge on any atom is 0.175 e. The number of nitrogens with zero attached hydrogens (tertiary/aromatic N) is 3. The monoisotopic (exact) mass is 419 g/mol. The van der Waals surface area contributed by atoms with E-state index in [1.807, 2.05) is 12.1 Å². The van der Waals surface area contributed by atoms with Crippen molar-refractivity contribution in [3.05, 3.63) is 35.4 Å². The number of hydrogen-bond acceptors (Lipinski definition) is 7. The molecular weight excluding hydrogens is 402 g/mol. The normalized spacial score (nSPS) is 14.1. The predicted molar refractivity (Wildman–Crippen MR) is 113 cm³/mol. The summed E-state index contributed by atoms with van der Waals surface area (Å²) in [6.45, 7) is 2.96. The summed E-state index contributed by atoms with van der Waals surface area (Å²) in [6, 6.07) is 9.13. The third kappa shape index (κ3) is 3.82. The van der Waals surface area contributed by atoms with E-state index in [0.29, 0.717) is 51.5 Å². The molecule has 1 fully saturated rings. The van der Waals surface area contributed by atoms with Crippen LogP contribution in [0.15, 0.2) is 35.0 Å². The number of ether oxygens (including phenoxy) is 2. The van der Waals surface area contributed by atoms with E-state index < -0.39 is 0 Å². The van der Waals surface area contributed by atoms with Crippen LogP contribution in [0.1, 0.15) is 0 Å². The lowest BCUT2D eigenvalue weighted by atomic mass is 10.2. The number of hydrogen-bond donors (Lipinski definition) is 2. The molecule has 0 bridgehead atoms. The Labute approximate surface area is 171 Å². The maximum atomic E-state index is 6.07. The van der Waals surface area contributed by atoms with Crippen LogP contribution in [-0.2, 0) is 4.74 Å². The standard InChI is InChI=1S/C18H18ClN5O3S/c1-25-15-5-2-11(19)10-13(15)21-18(28)20-12-3-4-14(17-16(12)22-27-23-17)24-6-8-26-9-7-24/h2-5,10H,6-9H2,1H3,(H2,20,21,28). The van der Waals surface area contributed by atoms with E-state index in [-0.39, 0.29) is 0 Å². The number of aromatic nitrogens is 2. The van der Waals surface area contributed by atoms with Gasteiger partial charge in [0.05, 0.1) is 37.4 Å². The van der Waals surface area contributed by atoms with Crippen LogP contribution in [0, 0.1) is 0 Å². The highest BCUT2D eigenvalue weighted by Gasteiger charge is 2.19. The molecular formula is C18H18ClN5O3S. The summed E-state index contributed by atoms with van der Waals surface area (Å²) in [5.74, 6) is 0.629. The summed E-state index contributed by atoms with van der Waals surface area (Å²) in [6.07, 6.45) is 0. The molecule has 0 saturated carbocycles. The van der Waals surface area contributed by atoms with E-state index in [4.69, 9.17) is 37.9 Å². The summed E-state index contributed by atoms with van der Waals surface area (Å²) >= 11 is 11.5. The Kier molecular flexibility index (Phi) is 5.47. The molecule has 28 heavy (non-hydrogen) atoms. The van der Waals surface area contributed by atoms with Crippen LogP contribution in [0.5, 0.6) is 5.75 Å². The Morgan fingerprint density at radius 2 is 1.86 bits per heavy atom. The van der Waals surface area contributed by atoms with E-state index in [0.717, 1.165) is 18.8 Å². The van der Waals surface area contributed by atoms with Gasteiger partial charge in [-0.15, -0.1) is 0 Å². The third-order valence-corrected chi connectivity index (χ3v) is 4.84. The topological polar surface area (TPSA) is 84.7 Å². The lowest BCUT2D eigenvalue weighted by Crippen LogP contribution is -2.36. The molecule has 0 amide bonds. The first-order chi connectivity index (χ1) is 13.7. The summed E-state index contributed by atoms with van der Waals surface area (Å²) in [5, 5.41) is 15.3. The summed E-state index contributed by atoms with van der Waals surface area (Å²) in [7, 11) is 1.58. The number of fused-ring (bicyclic) bond motifs is 1. The number of rotatable bonds is 4. The number of benzene rings is 2. The van der Waals surface area contributed by atoms with Gasteiger partial charge >= 0.3 is 0 Å². The molecule has 0 unspecified atom stereocenters. The zero-order valence-electron chi connectivity index (χ0n) is 15.1. The molecule has 0 atom stereocenters. The fourth-order valence-corrected chi connectivity index (χ4v) is 3.46. The van der Waals surface area contributed by atoms with E-state index in [9.17, 15) is 0 Å². The van der Waals surface area contributed by atoms with E-state index in [1.54, 1.807) is 25.3 Å². The zero-order chi connectivity index (χ0) is 19.5. The molecule has 146 valence electrons. The molecule has 0 aliphatic carbocycles. The van der Waals surface area contributed by atoms with Gasteiger partial charge in [-0.3, -0.25) is 0 Å². The van der Waals surface area contributed by atoms with Gasteiger partial charge in [-0.1, -0.05) is 11.6 Å². The lowest BCUT2D eigenvalue weighted by molar-refractivity contribution is 0.123. The molecule has 4 rings (SSSR count). The van der Waals surface area contributed by atoms with Crippen molar-refractivity contribution in [3.8, 4) is 5.75 Å². The van der Waals surface area contributed by atoms with Gasteiger partial charge in [0, 0.05) is 18.1 Å². The summed E-state index contributed by atoms with van der Waals surface area (Å²) < 4.78 is 15.7. The highest BCUT2D eigenvalue weighted by molar-refractivity contribution is 7.80. The van der Waals surface area contributed by atoms with Crippen LogP contribution in [0.3, 0.4) is 0 Å². The van der Waals surface area contributed by atoms with Crippen LogP contribution in [-0.4, -0.2) is 48.8 Å². The van der Waals surface area contributed by atoms with Crippen LogP contribution in [0.4, 0.5) is 17.1 Å². The van der Waals surface area contributed by atoms with Crippen LogP contribution in [0.25, 0.3) is 11.0 Å². The third-order valence-electron chi connectivity index (χ3n) is 4.40. The second-order valence-electron chi connectivity index (χ2n) is 6.12. The molecule has 8 nitrogen and oxygen atoms in total. The summed E-state index contributed by atoms with van der Waals surface area (Å²) in [4.78, 5) is 2.20. The minimum atomic E-state index is 0.365. The number of nitrogens with one attached hydrogen (secondary N) is 2. The second kappa shape index (κ2) is 8.17. The second-order valence-corrected chi connectivity index (χ2v) is 6.96. The first-order valence-corrected chi connectivity index (χ1v) is 9.44. The molecule has 1 aliphatic rings. The Balaban J connectivity index is 1.56. The van der Waals surface area contributed by atoms with Crippen LogP contribution >= 0.6 is 23.8 Å². The Hall–Kier alpha value is -2.62. The molecule has 3 aromatic rings. The predicted octanol–water partition coefficient (Wildman–Crippen LogP) is 3.53. The molecule has 0 radical (unpaired) electrons. The number of anilines is 3. The average molecular weight is 420 g/mol. The average Bonchev–Trinajstić information content (AvgIpc) is 3.19. The van der Waals surface area contributed by atoms with E-state index in [2.05, 4.69) is 25.8 Å². The largest absolute Gasteiger partial charge is 0.495 e. The molecule has 2 aromatic carbocycles. The van der Waals surface area contributed by atoms with Crippen molar-refractivity contribution in [1.29, 1.82) is 0 Å². The van der Waals surface area contributed by atoms with Gasteiger partial charge in [-0.05, 0) is 52.9 Å². The minimum Gasteiger partial charge on any atom is -0.495 e. The van der Waals surface area contributed by atoms with Crippen molar-refractivity contribution in [1.82, 2.24) is 10.3 Å². The first-order valence-electron chi connectivity index (χ1n) is 8.65. The lowest BCUT2D eigenvalue weighted by Gasteiger charge is -2.28. The van der Waals surface area contributed by atoms with Gasteiger partial charge in [0.25, 0.3) is 0 Å². The van der Waals surface area contributed by atoms with Gasteiger partial charge in [-0.2, -0.15) is 0 Å². The fourth-order valence-electron chi connectivity index (χ4n) is 3.07. The number of halogens is 1. The molecule has 1 aromatic heterocycles. The highest BCUT2D eigenvalue weighted by atomic mass is 35.5. The van der Waals surface area contributed by atoms with Gasteiger partial charge in [0.1, 0.15) is 5.75 Å². The number of morpholine rings is 1. The van der Waals surface area contributed by atoms with Crippen molar-refractivity contribution < 1.29 is 14.1 Å². The Morgan fingerprint density at radius 1 is 1.11 bits per heavy atom. The van der Waals surface area contributed by atoms with Crippen molar-refractivity contribution in [2.75, 3.05) is 48.9 Å². The van der Waals surface area contributed by atoms with Crippen LogP contribution in [0.2, 0.25) is 5.02 Å². The summed E-state index contributed by atoms with van der Waals surface area (Å²) in [5.41, 5.74) is 3.58.